The van der Waals surface area contributed by atoms with Crippen LogP contribution in [-0.2, 0) is 4.74 Å². The number of carbonyl (C=O) groups excluding carboxylic acids is 1. The molecule has 1 unspecified atom stereocenters. The normalized spacial score (nSPS) is 24.4. The second-order valence-corrected chi connectivity index (χ2v) is 6.52. The molecule has 0 aliphatic carbocycles. The van der Waals surface area contributed by atoms with Crippen LogP contribution in [0.15, 0.2) is 41.1 Å². The Balaban J connectivity index is 0.00000182. The first-order chi connectivity index (χ1) is 11.8. The van der Waals surface area contributed by atoms with E-state index in [1.807, 2.05) is 30.3 Å². The number of nitrogens with zero attached hydrogens (tertiary/aromatic N) is 2. The van der Waals surface area contributed by atoms with Gasteiger partial charge in [-0.2, -0.15) is 4.98 Å². The molecule has 1 aromatic carbocycles. The number of anilines is 1. The number of benzene rings is 1. The summed E-state index contributed by atoms with van der Waals surface area (Å²) in [6.07, 6.45) is 3.29. The Morgan fingerprint density at radius 1 is 1.28 bits per heavy atom. The Hall–Kier alpha value is -2.05. The van der Waals surface area contributed by atoms with Crippen molar-refractivity contribution in [2.24, 2.45) is 11.8 Å². The van der Waals surface area contributed by atoms with Gasteiger partial charge in [-0.15, -0.1) is 12.4 Å². The van der Waals surface area contributed by atoms with Crippen molar-refractivity contribution < 1.29 is 13.9 Å². The summed E-state index contributed by atoms with van der Waals surface area (Å²) in [5, 5.41) is 2.69. The molecular weight excluding hydrogens is 342 g/mol. The molecule has 1 N–H and O–H groups in total. The minimum atomic E-state index is -0.475. The van der Waals surface area contributed by atoms with Crippen LogP contribution in [0.2, 0.25) is 0 Å². The Kier molecular flexibility index (Phi) is 5.60. The zero-order valence-corrected chi connectivity index (χ0v) is 14.7. The molecule has 4 heterocycles. The molecule has 7 heteroatoms. The van der Waals surface area contributed by atoms with E-state index in [0.29, 0.717) is 30.0 Å². The van der Waals surface area contributed by atoms with Crippen molar-refractivity contribution in [2.75, 3.05) is 31.6 Å². The van der Waals surface area contributed by atoms with E-state index in [2.05, 4.69) is 15.2 Å². The van der Waals surface area contributed by atoms with E-state index in [0.717, 1.165) is 12.1 Å². The number of piperidine rings is 3. The lowest BCUT2D eigenvalue weighted by Gasteiger charge is -2.44. The highest BCUT2D eigenvalue weighted by atomic mass is 35.5. The fourth-order valence-corrected chi connectivity index (χ4v) is 3.72. The van der Waals surface area contributed by atoms with Crippen molar-refractivity contribution in [3.8, 4) is 11.3 Å². The van der Waals surface area contributed by atoms with Gasteiger partial charge in [0.25, 0.3) is 0 Å². The molecule has 3 aliphatic heterocycles. The lowest BCUT2D eigenvalue weighted by Crippen LogP contribution is -2.49. The zero-order chi connectivity index (χ0) is 16.4. The minimum Gasteiger partial charge on any atom is -0.449 e. The molecule has 134 valence electrons. The Labute approximate surface area is 153 Å². The van der Waals surface area contributed by atoms with Gasteiger partial charge >= 0.3 is 6.09 Å². The number of hydrogen-bond donors (Lipinski definition) is 1. The molecule has 3 saturated heterocycles. The number of ether oxygens (including phenoxy) is 1. The van der Waals surface area contributed by atoms with Crippen LogP contribution >= 0.6 is 12.4 Å². The second-order valence-electron chi connectivity index (χ2n) is 6.52. The minimum absolute atomic E-state index is 0. The van der Waals surface area contributed by atoms with Gasteiger partial charge in [0.05, 0.1) is 6.61 Å². The first-order valence-corrected chi connectivity index (χ1v) is 8.44. The third kappa shape index (κ3) is 3.96. The van der Waals surface area contributed by atoms with Gasteiger partial charge < -0.3 is 14.1 Å². The van der Waals surface area contributed by atoms with Gasteiger partial charge in [0.2, 0.25) is 0 Å². The highest BCUT2D eigenvalue weighted by molar-refractivity contribution is 5.87. The SMILES string of the molecule is Cl.O=C(Nc1ncoc1-c1ccccc1)OCC1CN2CCC1CC2. The number of halogens is 1. The summed E-state index contributed by atoms with van der Waals surface area (Å²) in [4.78, 5) is 18.6. The van der Waals surface area contributed by atoms with E-state index >= 15 is 0 Å². The van der Waals surface area contributed by atoms with Crippen LogP contribution in [0, 0.1) is 11.8 Å². The molecule has 6 nitrogen and oxygen atoms in total. The van der Waals surface area contributed by atoms with Crippen molar-refractivity contribution in [2.45, 2.75) is 12.8 Å². The summed E-state index contributed by atoms with van der Waals surface area (Å²) in [7, 11) is 0. The van der Waals surface area contributed by atoms with E-state index < -0.39 is 6.09 Å². The smallest absolute Gasteiger partial charge is 0.412 e. The largest absolute Gasteiger partial charge is 0.449 e. The molecule has 1 atom stereocenters. The average molecular weight is 364 g/mol. The third-order valence-corrected chi connectivity index (χ3v) is 5.04. The van der Waals surface area contributed by atoms with Crippen LogP contribution in [0.25, 0.3) is 11.3 Å². The molecule has 3 fully saturated rings. The number of carbonyl (C=O) groups is 1. The van der Waals surface area contributed by atoms with Gasteiger partial charge in [-0.1, -0.05) is 30.3 Å². The number of nitrogens with one attached hydrogen (secondary N) is 1. The molecule has 2 bridgehead atoms. The first-order valence-electron chi connectivity index (χ1n) is 8.44. The monoisotopic (exact) mass is 363 g/mol. The lowest BCUT2D eigenvalue weighted by molar-refractivity contribution is 0.0151. The average Bonchev–Trinajstić information content (AvgIpc) is 3.10. The van der Waals surface area contributed by atoms with Crippen LogP contribution < -0.4 is 5.32 Å². The number of aromatic nitrogens is 1. The number of hydrogen-bond acceptors (Lipinski definition) is 5. The molecule has 2 aromatic rings. The van der Waals surface area contributed by atoms with Crippen molar-refractivity contribution in [1.82, 2.24) is 9.88 Å². The van der Waals surface area contributed by atoms with Crippen molar-refractivity contribution in [1.29, 1.82) is 0 Å². The van der Waals surface area contributed by atoms with Gasteiger partial charge in [-0.25, -0.2) is 4.79 Å². The molecule has 1 aromatic heterocycles. The molecule has 0 radical (unpaired) electrons. The van der Waals surface area contributed by atoms with Crippen LogP contribution in [-0.4, -0.2) is 42.2 Å². The standard InChI is InChI=1S/C18H21N3O3.ClH/c22-18(23-11-15-10-21-8-6-13(15)7-9-21)20-17-16(24-12-19-17)14-4-2-1-3-5-14;/h1-5,12-13,15H,6-11H2,(H,20,22);1H. The van der Waals surface area contributed by atoms with Crippen LogP contribution in [0.5, 0.6) is 0 Å². The predicted molar refractivity (Wildman–Crippen MR) is 96.8 cm³/mol. The van der Waals surface area contributed by atoms with E-state index in [4.69, 9.17) is 9.15 Å². The quantitative estimate of drug-likeness (QED) is 0.897. The number of amides is 1. The van der Waals surface area contributed by atoms with Crippen molar-refractivity contribution in [3.63, 3.8) is 0 Å². The third-order valence-electron chi connectivity index (χ3n) is 5.04. The van der Waals surface area contributed by atoms with Crippen molar-refractivity contribution >= 4 is 24.3 Å². The van der Waals surface area contributed by atoms with Crippen LogP contribution in [0.1, 0.15) is 12.8 Å². The lowest BCUT2D eigenvalue weighted by atomic mass is 9.79. The fourth-order valence-electron chi connectivity index (χ4n) is 3.72. The Morgan fingerprint density at radius 3 is 2.72 bits per heavy atom. The predicted octanol–water partition coefficient (Wildman–Crippen LogP) is 3.65. The van der Waals surface area contributed by atoms with E-state index in [-0.39, 0.29) is 12.4 Å². The van der Waals surface area contributed by atoms with E-state index in [9.17, 15) is 4.79 Å². The summed E-state index contributed by atoms with van der Waals surface area (Å²) in [5.41, 5.74) is 0.864. The topological polar surface area (TPSA) is 67.6 Å². The maximum absolute atomic E-state index is 12.1. The van der Waals surface area contributed by atoms with E-state index in [1.54, 1.807) is 0 Å². The summed E-state index contributed by atoms with van der Waals surface area (Å²) in [5.74, 6) is 2.06. The van der Waals surface area contributed by atoms with Gasteiger partial charge in [0.1, 0.15) is 0 Å². The molecular formula is C18H22ClN3O3. The zero-order valence-electron chi connectivity index (χ0n) is 13.9. The van der Waals surface area contributed by atoms with Crippen LogP contribution in [0.3, 0.4) is 0 Å². The molecule has 0 saturated carbocycles. The fraction of sp³-hybridized carbons (Fsp3) is 0.444. The maximum atomic E-state index is 12.1. The Bertz CT molecular complexity index is 699. The summed E-state index contributed by atoms with van der Waals surface area (Å²) in [6, 6.07) is 9.56. The summed E-state index contributed by atoms with van der Waals surface area (Å²) < 4.78 is 10.8. The molecule has 5 rings (SSSR count). The van der Waals surface area contributed by atoms with Gasteiger partial charge in [-0.05, 0) is 31.8 Å². The highest BCUT2D eigenvalue weighted by Crippen LogP contribution is 2.32. The Morgan fingerprint density at radius 2 is 2.04 bits per heavy atom. The number of fused-ring (bicyclic) bond motifs is 3. The number of oxazole rings is 1. The number of rotatable bonds is 4. The van der Waals surface area contributed by atoms with Crippen LogP contribution in [0.4, 0.5) is 10.6 Å². The van der Waals surface area contributed by atoms with Gasteiger partial charge in [0.15, 0.2) is 18.0 Å². The first kappa shape index (κ1) is 17.8. The molecule has 25 heavy (non-hydrogen) atoms. The summed E-state index contributed by atoms with van der Waals surface area (Å²) in [6.45, 7) is 3.88. The van der Waals surface area contributed by atoms with Gasteiger partial charge in [-0.3, -0.25) is 5.32 Å². The van der Waals surface area contributed by atoms with Crippen molar-refractivity contribution in [3.05, 3.63) is 36.7 Å². The second kappa shape index (κ2) is 7.89. The molecule has 1 amide bonds. The molecule has 0 spiro atoms. The van der Waals surface area contributed by atoms with E-state index in [1.165, 1.54) is 32.3 Å². The maximum Gasteiger partial charge on any atom is 0.412 e. The summed E-state index contributed by atoms with van der Waals surface area (Å²) >= 11 is 0. The highest BCUT2D eigenvalue weighted by Gasteiger charge is 2.34. The van der Waals surface area contributed by atoms with Gasteiger partial charge in [0, 0.05) is 18.0 Å². The molecule has 3 aliphatic rings.